The van der Waals surface area contributed by atoms with Crippen molar-refractivity contribution in [2.75, 3.05) is 20.6 Å². The van der Waals surface area contributed by atoms with Crippen molar-refractivity contribution in [1.82, 2.24) is 10.3 Å². The molecule has 0 saturated heterocycles. The fourth-order valence-corrected chi connectivity index (χ4v) is 1.42. The monoisotopic (exact) mass is 193 g/mol. The van der Waals surface area contributed by atoms with Gasteiger partial charge in [-0.2, -0.15) is 0 Å². The highest BCUT2D eigenvalue weighted by molar-refractivity contribution is 5.24. The molecule has 78 valence electrons. The van der Waals surface area contributed by atoms with Crippen LogP contribution in [-0.2, 0) is 0 Å². The van der Waals surface area contributed by atoms with Crippen molar-refractivity contribution in [3.8, 4) is 0 Å². The molecule has 0 amide bonds. The number of nitrogens with zero attached hydrogens (tertiary/aromatic N) is 1. The lowest BCUT2D eigenvalue weighted by Crippen LogP contribution is -2.35. The third-order valence-corrected chi connectivity index (χ3v) is 2.23. The first kappa shape index (κ1) is 11.2. The maximum absolute atomic E-state index is 5.51. The van der Waals surface area contributed by atoms with Crippen LogP contribution in [0.15, 0.2) is 24.3 Å². The maximum atomic E-state index is 5.51. The molecule has 0 aromatic heterocycles. The zero-order valence-corrected chi connectivity index (χ0v) is 9.12. The van der Waals surface area contributed by atoms with Gasteiger partial charge in [0.25, 0.3) is 0 Å². The molecule has 0 bridgehead atoms. The minimum atomic E-state index is 0.200. The van der Waals surface area contributed by atoms with Crippen LogP contribution in [-0.4, -0.2) is 25.5 Å². The summed E-state index contributed by atoms with van der Waals surface area (Å²) < 4.78 is 0. The number of nitrogens with two attached hydrogens (primary N) is 1. The van der Waals surface area contributed by atoms with Gasteiger partial charge in [0.15, 0.2) is 0 Å². The third kappa shape index (κ3) is 3.10. The van der Waals surface area contributed by atoms with Gasteiger partial charge in [0.2, 0.25) is 0 Å². The minimum Gasteiger partial charge on any atom is -0.307 e. The summed E-state index contributed by atoms with van der Waals surface area (Å²) in [5.74, 6) is 5.51. The largest absolute Gasteiger partial charge is 0.307 e. The summed E-state index contributed by atoms with van der Waals surface area (Å²) in [5, 5.41) is 0. The minimum absolute atomic E-state index is 0.200. The molecule has 3 nitrogen and oxygen atoms in total. The van der Waals surface area contributed by atoms with E-state index in [2.05, 4.69) is 41.5 Å². The molecule has 0 spiro atoms. The van der Waals surface area contributed by atoms with E-state index in [9.17, 15) is 0 Å². The van der Waals surface area contributed by atoms with E-state index in [4.69, 9.17) is 5.84 Å². The van der Waals surface area contributed by atoms with Crippen molar-refractivity contribution in [3.05, 3.63) is 35.4 Å². The van der Waals surface area contributed by atoms with Crippen molar-refractivity contribution < 1.29 is 0 Å². The van der Waals surface area contributed by atoms with Crippen LogP contribution in [0, 0.1) is 6.92 Å². The number of hydrogen-bond acceptors (Lipinski definition) is 3. The van der Waals surface area contributed by atoms with Crippen molar-refractivity contribution in [2.24, 2.45) is 5.84 Å². The van der Waals surface area contributed by atoms with Crippen LogP contribution in [0.3, 0.4) is 0 Å². The fraction of sp³-hybridized carbons (Fsp3) is 0.455. The molecular weight excluding hydrogens is 174 g/mol. The van der Waals surface area contributed by atoms with Crippen molar-refractivity contribution in [3.63, 3.8) is 0 Å². The molecule has 0 aliphatic heterocycles. The van der Waals surface area contributed by atoms with E-state index in [1.807, 2.05) is 14.1 Å². The molecule has 1 aromatic rings. The van der Waals surface area contributed by atoms with Crippen LogP contribution in [0.25, 0.3) is 0 Å². The van der Waals surface area contributed by atoms with Gasteiger partial charge in [0.1, 0.15) is 0 Å². The Bertz CT molecular complexity index is 266. The fourth-order valence-electron chi connectivity index (χ4n) is 1.42. The van der Waals surface area contributed by atoms with E-state index in [1.165, 1.54) is 11.1 Å². The predicted octanol–water partition coefficient (Wildman–Crippen LogP) is 1.06. The lowest BCUT2D eigenvalue weighted by atomic mass is 10.1. The molecule has 1 aromatic carbocycles. The normalized spacial score (nSPS) is 13.2. The molecule has 0 heterocycles. The second-order valence-corrected chi connectivity index (χ2v) is 3.89. The first-order valence-corrected chi connectivity index (χ1v) is 4.81. The number of rotatable bonds is 4. The Kier molecular flexibility index (Phi) is 4.07. The van der Waals surface area contributed by atoms with Gasteiger partial charge < -0.3 is 4.90 Å². The highest BCUT2D eigenvalue weighted by Gasteiger charge is 2.09. The van der Waals surface area contributed by atoms with Crippen LogP contribution in [0.4, 0.5) is 0 Å². The SMILES string of the molecule is Cc1ccc(C(CN(C)C)NN)cc1. The number of hydrogen-bond donors (Lipinski definition) is 2. The van der Waals surface area contributed by atoms with E-state index in [0.717, 1.165) is 6.54 Å². The molecule has 0 fully saturated rings. The highest BCUT2D eigenvalue weighted by Crippen LogP contribution is 2.13. The molecule has 3 N–H and O–H groups in total. The van der Waals surface area contributed by atoms with E-state index in [0.29, 0.717) is 0 Å². The molecule has 14 heavy (non-hydrogen) atoms. The Morgan fingerprint density at radius 2 is 1.86 bits per heavy atom. The molecule has 1 unspecified atom stereocenters. The zero-order chi connectivity index (χ0) is 10.6. The molecule has 1 rings (SSSR count). The summed E-state index contributed by atoms with van der Waals surface area (Å²) in [7, 11) is 4.08. The summed E-state index contributed by atoms with van der Waals surface area (Å²) in [5.41, 5.74) is 5.33. The van der Waals surface area contributed by atoms with Gasteiger partial charge in [-0.1, -0.05) is 29.8 Å². The second-order valence-electron chi connectivity index (χ2n) is 3.89. The van der Waals surface area contributed by atoms with E-state index in [-0.39, 0.29) is 6.04 Å². The molecule has 0 aliphatic rings. The highest BCUT2D eigenvalue weighted by atomic mass is 15.3. The van der Waals surface area contributed by atoms with Crippen LogP contribution in [0.5, 0.6) is 0 Å². The quantitative estimate of drug-likeness (QED) is 0.555. The molecule has 0 saturated carbocycles. The summed E-state index contributed by atoms with van der Waals surface area (Å²) in [6.07, 6.45) is 0. The van der Waals surface area contributed by atoms with Gasteiger partial charge in [0, 0.05) is 6.54 Å². The summed E-state index contributed by atoms with van der Waals surface area (Å²) in [4.78, 5) is 2.12. The standard InChI is InChI=1S/C11H19N3/c1-9-4-6-10(7-5-9)11(13-12)8-14(2)3/h4-7,11,13H,8,12H2,1-3H3. The average Bonchev–Trinajstić information content (AvgIpc) is 2.15. The van der Waals surface area contributed by atoms with Gasteiger partial charge in [-0.25, -0.2) is 0 Å². The van der Waals surface area contributed by atoms with Crippen molar-refractivity contribution >= 4 is 0 Å². The first-order valence-electron chi connectivity index (χ1n) is 4.81. The molecule has 0 radical (unpaired) electrons. The lowest BCUT2D eigenvalue weighted by molar-refractivity contribution is 0.344. The lowest BCUT2D eigenvalue weighted by Gasteiger charge is -2.20. The Hall–Kier alpha value is -0.900. The van der Waals surface area contributed by atoms with E-state index >= 15 is 0 Å². The first-order chi connectivity index (χ1) is 6.63. The van der Waals surface area contributed by atoms with Crippen molar-refractivity contribution in [2.45, 2.75) is 13.0 Å². The van der Waals surface area contributed by atoms with Gasteiger partial charge in [0.05, 0.1) is 6.04 Å². The molecular formula is C11H19N3. The zero-order valence-electron chi connectivity index (χ0n) is 9.12. The Morgan fingerprint density at radius 3 is 2.29 bits per heavy atom. The Balaban J connectivity index is 2.73. The van der Waals surface area contributed by atoms with Crippen LogP contribution >= 0.6 is 0 Å². The predicted molar refractivity (Wildman–Crippen MR) is 59.8 cm³/mol. The topological polar surface area (TPSA) is 41.3 Å². The molecule has 0 aliphatic carbocycles. The third-order valence-electron chi connectivity index (χ3n) is 2.23. The Labute approximate surface area is 85.9 Å². The molecule has 1 atom stereocenters. The van der Waals surface area contributed by atoms with E-state index < -0.39 is 0 Å². The van der Waals surface area contributed by atoms with Gasteiger partial charge in [-0.05, 0) is 26.6 Å². The van der Waals surface area contributed by atoms with Crippen LogP contribution in [0.2, 0.25) is 0 Å². The van der Waals surface area contributed by atoms with Gasteiger partial charge >= 0.3 is 0 Å². The summed E-state index contributed by atoms with van der Waals surface area (Å²) >= 11 is 0. The van der Waals surface area contributed by atoms with Crippen LogP contribution < -0.4 is 11.3 Å². The smallest absolute Gasteiger partial charge is 0.0586 e. The van der Waals surface area contributed by atoms with Crippen molar-refractivity contribution in [1.29, 1.82) is 0 Å². The molecule has 3 heteroatoms. The number of likely N-dealkylation sites (N-methyl/N-ethyl adjacent to an activating group) is 1. The number of aryl methyl sites for hydroxylation is 1. The van der Waals surface area contributed by atoms with Gasteiger partial charge in [-0.15, -0.1) is 0 Å². The summed E-state index contributed by atoms with van der Waals surface area (Å²) in [6, 6.07) is 8.64. The number of benzene rings is 1. The maximum Gasteiger partial charge on any atom is 0.0586 e. The van der Waals surface area contributed by atoms with Gasteiger partial charge in [-0.3, -0.25) is 11.3 Å². The second kappa shape index (κ2) is 5.10. The number of hydrazine groups is 1. The van der Waals surface area contributed by atoms with E-state index in [1.54, 1.807) is 0 Å². The number of nitrogens with one attached hydrogen (secondary N) is 1. The van der Waals surface area contributed by atoms with Crippen LogP contribution in [0.1, 0.15) is 17.2 Å². The Morgan fingerprint density at radius 1 is 1.29 bits per heavy atom. The summed E-state index contributed by atoms with van der Waals surface area (Å²) in [6.45, 7) is 2.99. The average molecular weight is 193 g/mol.